The summed E-state index contributed by atoms with van der Waals surface area (Å²) >= 11 is 0. The number of Topliss-reactive ketones (excluding diaryl/α,β-unsaturated/α-hetero) is 1. The molecule has 0 amide bonds. The van der Waals surface area contributed by atoms with E-state index in [9.17, 15) is 18.9 Å². The van der Waals surface area contributed by atoms with E-state index in [0.29, 0.717) is 12.0 Å². The van der Waals surface area contributed by atoms with E-state index in [1.807, 2.05) is 13.8 Å². The number of rotatable bonds is 8. The Balaban J connectivity index is 3.21. The predicted molar refractivity (Wildman–Crippen MR) is 96.2 cm³/mol. The lowest BCUT2D eigenvalue weighted by molar-refractivity contribution is -0.141. The fraction of sp³-hybridized carbons (Fsp3) is 0.556. The normalized spacial score (nSPS) is 16.9. The van der Waals surface area contributed by atoms with Crippen molar-refractivity contribution in [3.63, 3.8) is 0 Å². The van der Waals surface area contributed by atoms with Crippen LogP contribution < -0.4 is 4.72 Å². The first-order valence-corrected chi connectivity index (χ1v) is 9.24. The Morgan fingerprint density at radius 1 is 1.21 bits per heavy atom. The molecule has 4 atom stereocenters. The van der Waals surface area contributed by atoms with E-state index < -0.39 is 39.4 Å². The first-order valence-electron chi connectivity index (χ1n) is 8.09. The van der Waals surface area contributed by atoms with Crippen molar-refractivity contribution in [3.05, 3.63) is 35.9 Å². The zero-order valence-electron chi connectivity index (χ0n) is 14.9. The molecule has 0 radical (unpaired) electrons. The van der Waals surface area contributed by atoms with Gasteiger partial charge in [0.1, 0.15) is 5.92 Å². The van der Waals surface area contributed by atoms with E-state index >= 15 is 0 Å². The van der Waals surface area contributed by atoms with Crippen LogP contribution in [-0.2, 0) is 15.8 Å². The van der Waals surface area contributed by atoms with Crippen molar-refractivity contribution in [2.75, 3.05) is 0 Å². The Labute approximate surface area is 146 Å². The number of hydrogen-bond acceptors (Lipinski definition) is 3. The average molecular weight is 353 g/mol. The number of carbonyl (C=O) groups is 2. The van der Waals surface area contributed by atoms with Crippen molar-refractivity contribution >= 4 is 22.7 Å². The maximum atomic E-state index is 12.8. The van der Waals surface area contributed by atoms with Crippen LogP contribution in [0.25, 0.3) is 0 Å². The minimum absolute atomic E-state index is 0.120. The topological polar surface area (TPSA) is 83.5 Å². The number of benzene rings is 1. The van der Waals surface area contributed by atoms with Gasteiger partial charge in [-0.3, -0.25) is 9.59 Å². The van der Waals surface area contributed by atoms with Gasteiger partial charge in [-0.25, -0.2) is 8.93 Å². The van der Waals surface area contributed by atoms with Gasteiger partial charge < -0.3 is 5.11 Å². The summed E-state index contributed by atoms with van der Waals surface area (Å²) in [5.74, 6) is -3.07. The van der Waals surface area contributed by atoms with Gasteiger partial charge in [0.05, 0.1) is 15.7 Å². The SMILES string of the molecule is CCC(C)[C@H](N[S@](=O)C(C)(C)C)C(C(=O)O)C(=O)c1ccccc1. The quantitative estimate of drug-likeness (QED) is 0.556. The summed E-state index contributed by atoms with van der Waals surface area (Å²) in [5.41, 5.74) is 0.349. The number of carbonyl (C=O) groups excluding carboxylic acids is 1. The molecule has 1 aromatic carbocycles. The van der Waals surface area contributed by atoms with Crippen molar-refractivity contribution < 1.29 is 18.9 Å². The fourth-order valence-electron chi connectivity index (χ4n) is 2.28. The molecular weight excluding hydrogens is 326 g/mol. The van der Waals surface area contributed by atoms with Crippen LogP contribution in [0.5, 0.6) is 0 Å². The minimum atomic E-state index is -1.47. The third-order valence-electron chi connectivity index (χ3n) is 4.02. The van der Waals surface area contributed by atoms with E-state index in [0.717, 1.165) is 0 Å². The second-order valence-corrected chi connectivity index (χ2v) is 8.95. The molecule has 0 aliphatic heterocycles. The molecule has 5 nitrogen and oxygen atoms in total. The van der Waals surface area contributed by atoms with Crippen LogP contribution in [0.1, 0.15) is 51.4 Å². The number of nitrogens with one attached hydrogen (secondary N) is 1. The molecule has 0 fully saturated rings. The first kappa shape index (κ1) is 20.5. The highest BCUT2D eigenvalue weighted by Gasteiger charge is 2.39. The molecule has 0 aromatic heterocycles. The number of carboxylic acids is 1. The highest BCUT2D eigenvalue weighted by molar-refractivity contribution is 7.84. The van der Waals surface area contributed by atoms with E-state index in [2.05, 4.69) is 4.72 Å². The van der Waals surface area contributed by atoms with Gasteiger partial charge in [0.25, 0.3) is 0 Å². The lowest BCUT2D eigenvalue weighted by Gasteiger charge is -2.31. The highest BCUT2D eigenvalue weighted by atomic mass is 32.2. The smallest absolute Gasteiger partial charge is 0.316 e. The van der Waals surface area contributed by atoms with E-state index in [-0.39, 0.29) is 5.92 Å². The number of carboxylic acid groups (broad SMARTS) is 1. The lowest BCUT2D eigenvalue weighted by Crippen LogP contribution is -2.51. The van der Waals surface area contributed by atoms with Gasteiger partial charge in [-0.15, -0.1) is 0 Å². The van der Waals surface area contributed by atoms with Gasteiger partial charge in [0, 0.05) is 11.6 Å². The van der Waals surface area contributed by atoms with E-state index in [1.54, 1.807) is 51.1 Å². The molecule has 1 aromatic rings. The van der Waals surface area contributed by atoms with Crippen molar-refractivity contribution in [1.29, 1.82) is 0 Å². The zero-order valence-corrected chi connectivity index (χ0v) is 15.7. The number of aliphatic carboxylic acids is 1. The third kappa shape index (κ3) is 5.24. The maximum Gasteiger partial charge on any atom is 0.316 e. The van der Waals surface area contributed by atoms with Crippen LogP contribution in [0, 0.1) is 11.8 Å². The molecule has 0 heterocycles. The van der Waals surface area contributed by atoms with Gasteiger partial charge in [-0.2, -0.15) is 0 Å². The van der Waals surface area contributed by atoms with Crippen LogP contribution in [0.3, 0.4) is 0 Å². The Morgan fingerprint density at radius 2 is 1.75 bits per heavy atom. The molecule has 0 saturated heterocycles. The van der Waals surface area contributed by atoms with Gasteiger partial charge in [-0.1, -0.05) is 50.6 Å². The molecule has 6 heteroatoms. The summed E-state index contributed by atoms with van der Waals surface area (Å²) in [5, 5.41) is 9.68. The summed E-state index contributed by atoms with van der Waals surface area (Å²) in [6, 6.07) is 7.67. The molecule has 24 heavy (non-hydrogen) atoms. The fourth-order valence-corrected chi connectivity index (χ4v) is 3.25. The van der Waals surface area contributed by atoms with Crippen LogP contribution in [0.2, 0.25) is 0 Å². The third-order valence-corrected chi connectivity index (χ3v) is 5.62. The van der Waals surface area contributed by atoms with Crippen LogP contribution in [0.4, 0.5) is 0 Å². The molecule has 134 valence electrons. The molecule has 2 N–H and O–H groups in total. The van der Waals surface area contributed by atoms with Gasteiger partial charge >= 0.3 is 5.97 Å². The lowest BCUT2D eigenvalue weighted by atomic mass is 9.83. The van der Waals surface area contributed by atoms with Crippen molar-refractivity contribution in [2.45, 2.75) is 51.8 Å². The largest absolute Gasteiger partial charge is 0.481 e. The summed E-state index contributed by atoms with van der Waals surface area (Å²) in [7, 11) is -1.47. The summed E-state index contributed by atoms with van der Waals surface area (Å²) < 4.78 is 14.8. The van der Waals surface area contributed by atoms with Gasteiger partial charge in [0.15, 0.2) is 5.78 Å². The van der Waals surface area contributed by atoms with E-state index in [4.69, 9.17) is 0 Å². The van der Waals surface area contributed by atoms with Gasteiger partial charge in [0.2, 0.25) is 0 Å². The minimum Gasteiger partial charge on any atom is -0.481 e. The second kappa shape index (κ2) is 8.53. The average Bonchev–Trinajstić information content (AvgIpc) is 2.52. The van der Waals surface area contributed by atoms with Crippen LogP contribution >= 0.6 is 0 Å². The second-order valence-electron chi connectivity index (χ2n) is 6.96. The molecule has 0 bridgehead atoms. The molecule has 1 rings (SSSR count). The first-order chi connectivity index (χ1) is 11.1. The van der Waals surface area contributed by atoms with Crippen LogP contribution in [0.15, 0.2) is 30.3 Å². The number of ketones is 1. The van der Waals surface area contributed by atoms with Crippen molar-refractivity contribution in [3.8, 4) is 0 Å². The van der Waals surface area contributed by atoms with Crippen molar-refractivity contribution in [1.82, 2.24) is 4.72 Å². The number of hydrogen-bond donors (Lipinski definition) is 2. The zero-order chi connectivity index (χ0) is 18.5. The molecule has 0 aliphatic carbocycles. The summed E-state index contributed by atoms with van der Waals surface area (Å²) in [4.78, 5) is 24.6. The highest BCUT2D eigenvalue weighted by Crippen LogP contribution is 2.23. The molecule has 2 unspecified atom stereocenters. The van der Waals surface area contributed by atoms with Crippen molar-refractivity contribution in [2.24, 2.45) is 11.8 Å². The molecule has 0 saturated carbocycles. The Kier molecular flexibility index (Phi) is 7.29. The monoisotopic (exact) mass is 353 g/mol. The van der Waals surface area contributed by atoms with Gasteiger partial charge in [-0.05, 0) is 26.7 Å². The summed E-state index contributed by atoms with van der Waals surface area (Å²) in [6.45, 7) is 9.20. The Hall–Kier alpha value is -1.53. The van der Waals surface area contributed by atoms with E-state index in [1.165, 1.54) is 0 Å². The maximum absolute atomic E-state index is 12.8. The summed E-state index contributed by atoms with van der Waals surface area (Å²) in [6.07, 6.45) is 0.671. The standard InChI is InChI=1S/C18H27NO4S/c1-6-12(2)15(19-24(23)18(3,4)5)14(17(21)22)16(20)13-10-8-7-9-11-13/h7-12,14-15,19H,6H2,1-5H3,(H,21,22)/t12?,14?,15-,24+/m0/s1. The molecule has 0 aliphatic rings. The Morgan fingerprint density at radius 3 is 2.17 bits per heavy atom. The predicted octanol–water partition coefficient (Wildman–Crippen LogP) is 3.04. The molecular formula is C18H27NO4S. The Bertz CT molecular complexity index is 595. The van der Waals surface area contributed by atoms with Crippen LogP contribution in [-0.4, -0.2) is 31.9 Å². The molecule has 0 spiro atoms.